The van der Waals surface area contributed by atoms with Gasteiger partial charge in [0, 0.05) is 12.1 Å². The van der Waals surface area contributed by atoms with Crippen LogP contribution in [0, 0.1) is 0 Å². The zero-order chi connectivity index (χ0) is 12.9. The summed E-state index contributed by atoms with van der Waals surface area (Å²) in [6, 6.07) is 5.83. The molecule has 1 rings (SSSR count). The van der Waals surface area contributed by atoms with Gasteiger partial charge in [-0.2, -0.15) is 0 Å². The summed E-state index contributed by atoms with van der Waals surface area (Å²) >= 11 is 5.91. The highest BCUT2D eigenvalue weighted by molar-refractivity contribution is 6.33. The van der Waals surface area contributed by atoms with Gasteiger partial charge >= 0.3 is 0 Å². The van der Waals surface area contributed by atoms with E-state index in [0.717, 1.165) is 25.8 Å². The van der Waals surface area contributed by atoms with Crippen molar-refractivity contribution in [3.8, 4) is 0 Å². The molecular weight excluding hydrogens is 232 g/mol. The zero-order valence-corrected chi connectivity index (χ0v) is 11.8. The molecule has 0 aliphatic rings. The van der Waals surface area contributed by atoms with E-state index >= 15 is 0 Å². The average molecular weight is 255 g/mol. The standard InChI is InChI=1S/C14H23ClN2/c1-4-14(5-2,6-3)17-10-11-7-8-12(15)13(16)9-11/h7-9,17H,4-6,10,16H2,1-3H3. The van der Waals surface area contributed by atoms with E-state index in [1.165, 1.54) is 5.56 Å². The molecule has 0 bridgehead atoms. The summed E-state index contributed by atoms with van der Waals surface area (Å²) in [7, 11) is 0. The van der Waals surface area contributed by atoms with Crippen molar-refractivity contribution in [2.75, 3.05) is 5.73 Å². The normalized spacial score (nSPS) is 11.8. The van der Waals surface area contributed by atoms with Gasteiger partial charge in [0.2, 0.25) is 0 Å². The highest BCUT2D eigenvalue weighted by atomic mass is 35.5. The number of anilines is 1. The monoisotopic (exact) mass is 254 g/mol. The van der Waals surface area contributed by atoms with E-state index in [1.807, 2.05) is 18.2 Å². The molecule has 0 aliphatic carbocycles. The van der Waals surface area contributed by atoms with Gasteiger partial charge < -0.3 is 11.1 Å². The molecule has 1 aromatic rings. The number of nitrogens with two attached hydrogens (primary N) is 1. The first kappa shape index (κ1) is 14.3. The third kappa shape index (κ3) is 3.62. The minimum atomic E-state index is 0.244. The number of nitrogens with one attached hydrogen (secondary N) is 1. The third-order valence-electron chi connectivity index (χ3n) is 3.76. The van der Waals surface area contributed by atoms with Crippen molar-refractivity contribution in [1.82, 2.24) is 5.32 Å². The molecule has 0 saturated heterocycles. The summed E-state index contributed by atoms with van der Waals surface area (Å²) in [5.74, 6) is 0. The van der Waals surface area contributed by atoms with E-state index in [0.29, 0.717) is 10.7 Å². The first-order chi connectivity index (χ1) is 8.06. The molecule has 96 valence electrons. The lowest BCUT2D eigenvalue weighted by Crippen LogP contribution is -2.43. The van der Waals surface area contributed by atoms with Gasteiger partial charge in [-0.1, -0.05) is 38.4 Å². The summed E-state index contributed by atoms with van der Waals surface area (Å²) in [5, 5.41) is 4.27. The van der Waals surface area contributed by atoms with Crippen LogP contribution in [0.15, 0.2) is 18.2 Å². The molecule has 0 atom stereocenters. The van der Waals surface area contributed by atoms with E-state index < -0.39 is 0 Å². The number of hydrogen-bond acceptors (Lipinski definition) is 2. The Balaban J connectivity index is 2.68. The minimum absolute atomic E-state index is 0.244. The van der Waals surface area contributed by atoms with Gasteiger partial charge in [0.15, 0.2) is 0 Å². The second-order valence-electron chi connectivity index (χ2n) is 4.55. The van der Waals surface area contributed by atoms with Crippen molar-refractivity contribution in [3.05, 3.63) is 28.8 Å². The van der Waals surface area contributed by atoms with Crippen LogP contribution in [0.3, 0.4) is 0 Å². The van der Waals surface area contributed by atoms with Gasteiger partial charge in [-0.15, -0.1) is 0 Å². The Bertz CT molecular complexity index is 351. The van der Waals surface area contributed by atoms with Crippen molar-refractivity contribution >= 4 is 17.3 Å². The van der Waals surface area contributed by atoms with Crippen LogP contribution < -0.4 is 11.1 Å². The Kier molecular flexibility index (Phi) is 5.29. The number of rotatable bonds is 6. The summed E-state index contributed by atoms with van der Waals surface area (Å²) < 4.78 is 0. The first-order valence-corrected chi connectivity index (χ1v) is 6.73. The summed E-state index contributed by atoms with van der Waals surface area (Å²) in [5.41, 5.74) is 7.88. The Morgan fingerprint density at radius 1 is 1.18 bits per heavy atom. The smallest absolute Gasteiger partial charge is 0.0635 e. The molecule has 0 heterocycles. The van der Waals surface area contributed by atoms with Crippen LogP contribution in [0.1, 0.15) is 45.6 Å². The molecule has 1 aromatic carbocycles. The molecular formula is C14H23ClN2. The molecule has 0 amide bonds. The van der Waals surface area contributed by atoms with E-state index in [1.54, 1.807) is 0 Å². The molecule has 3 heteroatoms. The highest BCUT2D eigenvalue weighted by Crippen LogP contribution is 2.22. The van der Waals surface area contributed by atoms with Gasteiger partial charge in [-0.3, -0.25) is 0 Å². The van der Waals surface area contributed by atoms with Crippen LogP contribution in [-0.2, 0) is 6.54 Å². The van der Waals surface area contributed by atoms with E-state index in [4.69, 9.17) is 17.3 Å². The number of nitrogen functional groups attached to an aromatic ring is 1. The second kappa shape index (κ2) is 6.27. The molecule has 3 N–H and O–H groups in total. The summed E-state index contributed by atoms with van der Waals surface area (Å²) in [6.45, 7) is 7.54. The summed E-state index contributed by atoms with van der Waals surface area (Å²) in [6.07, 6.45) is 3.43. The number of benzene rings is 1. The SMILES string of the molecule is CCC(CC)(CC)NCc1ccc(Cl)c(N)c1. The van der Waals surface area contributed by atoms with E-state index in [9.17, 15) is 0 Å². The van der Waals surface area contributed by atoms with E-state index in [-0.39, 0.29) is 5.54 Å². The Labute approximate surface area is 110 Å². The highest BCUT2D eigenvalue weighted by Gasteiger charge is 2.22. The van der Waals surface area contributed by atoms with Gasteiger partial charge in [0.05, 0.1) is 10.7 Å². The molecule has 0 aromatic heterocycles. The maximum absolute atomic E-state index is 5.91. The molecule has 17 heavy (non-hydrogen) atoms. The van der Waals surface area contributed by atoms with Crippen molar-refractivity contribution in [1.29, 1.82) is 0 Å². The van der Waals surface area contributed by atoms with Crippen LogP contribution in [0.5, 0.6) is 0 Å². The minimum Gasteiger partial charge on any atom is -0.398 e. The zero-order valence-electron chi connectivity index (χ0n) is 11.0. The molecule has 0 fully saturated rings. The second-order valence-corrected chi connectivity index (χ2v) is 4.96. The van der Waals surface area contributed by atoms with Crippen molar-refractivity contribution in [2.45, 2.75) is 52.1 Å². The van der Waals surface area contributed by atoms with Crippen LogP contribution in [0.2, 0.25) is 5.02 Å². The molecule has 0 radical (unpaired) electrons. The predicted molar refractivity (Wildman–Crippen MR) is 76.3 cm³/mol. The fourth-order valence-electron chi connectivity index (χ4n) is 2.12. The van der Waals surface area contributed by atoms with Gasteiger partial charge in [-0.25, -0.2) is 0 Å². The lowest BCUT2D eigenvalue weighted by atomic mass is 9.89. The molecule has 0 spiro atoms. The van der Waals surface area contributed by atoms with Gasteiger partial charge in [0.1, 0.15) is 0 Å². The van der Waals surface area contributed by atoms with E-state index in [2.05, 4.69) is 26.1 Å². The molecule has 0 unspecified atom stereocenters. The summed E-state index contributed by atoms with van der Waals surface area (Å²) in [4.78, 5) is 0. The molecule has 0 aliphatic heterocycles. The Morgan fingerprint density at radius 3 is 2.24 bits per heavy atom. The van der Waals surface area contributed by atoms with Gasteiger partial charge in [-0.05, 0) is 37.0 Å². The van der Waals surface area contributed by atoms with Crippen molar-refractivity contribution in [3.63, 3.8) is 0 Å². The van der Waals surface area contributed by atoms with Crippen LogP contribution in [-0.4, -0.2) is 5.54 Å². The maximum Gasteiger partial charge on any atom is 0.0635 e. The quantitative estimate of drug-likeness (QED) is 0.754. The lowest BCUT2D eigenvalue weighted by Gasteiger charge is -2.32. The fourth-order valence-corrected chi connectivity index (χ4v) is 2.24. The van der Waals surface area contributed by atoms with Gasteiger partial charge in [0.25, 0.3) is 0 Å². The van der Waals surface area contributed by atoms with Crippen LogP contribution >= 0.6 is 11.6 Å². The first-order valence-electron chi connectivity index (χ1n) is 6.35. The lowest BCUT2D eigenvalue weighted by molar-refractivity contribution is 0.288. The van der Waals surface area contributed by atoms with Crippen molar-refractivity contribution < 1.29 is 0 Å². The number of hydrogen-bond donors (Lipinski definition) is 2. The predicted octanol–water partition coefficient (Wildman–Crippen LogP) is 3.98. The third-order valence-corrected chi connectivity index (χ3v) is 4.10. The molecule has 0 saturated carbocycles. The average Bonchev–Trinajstić information content (AvgIpc) is 2.36. The Morgan fingerprint density at radius 2 is 1.76 bits per heavy atom. The Hall–Kier alpha value is -0.730. The fraction of sp³-hybridized carbons (Fsp3) is 0.571. The topological polar surface area (TPSA) is 38.0 Å². The maximum atomic E-state index is 5.91. The molecule has 2 nitrogen and oxygen atoms in total. The largest absolute Gasteiger partial charge is 0.398 e. The van der Waals surface area contributed by atoms with Crippen molar-refractivity contribution in [2.24, 2.45) is 0 Å². The number of halogens is 1. The van der Waals surface area contributed by atoms with Crippen LogP contribution in [0.4, 0.5) is 5.69 Å². The van der Waals surface area contributed by atoms with Crippen LogP contribution in [0.25, 0.3) is 0 Å².